The normalized spacial score (nSPS) is 23.8. The number of aromatic nitrogens is 2. The van der Waals surface area contributed by atoms with E-state index in [0.29, 0.717) is 18.9 Å². The van der Waals surface area contributed by atoms with E-state index in [2.05, 4.69) is 15.6 Å². The second-order valence-corrected chi connectivity index (χ2v) is 7.94. The molecule has 1 aromatic rings. The van der Waals surface area contributed by atoms with Crippen molar-refractivity contribution in [2.24, 2.45) is 11.8 Å². The van der Waals surface area contributed by atoms with Gasteiger partial charge < -0.3 is 14.2 Å². The molecule has 0 N–H and O–H groups in total. The molecule has 2 heterocycles. The van der Waals surface area contributed by atoms with Crippen molar-refractivity contribution >= 4 is 5.91 Å². The van der Waals surface area contributed by atoms with Crippen molar-refractivity contribution in [1.82, 2.24) is 14.5 Å². The van der Waals surface area contributed by atoms with Crippen LogP contribution in [0.3, 0.4) is 0 Å². The van der Waals surface area contributed by atoms with Crippen molar-refractivity contribution in [2.75, 3.05) is 19.8 Å². The Balaban J connectivity index is 1.40. The van der Waals surface area contributed by atoms with Crippen LogP contribution in [0.25, 0.3) is 0 Å². The highest BCUT2D eigenvalue weighted by Gasteiger charge is 2.27. The van der Waals surface area contributed by atoms with Crippen LogP contribution in [-0.2, 0) is 22.6 Å². The summed E-state index contributed by atoms with van der Waals surface area (Å²) in [6, 6.07) is 0. The Morgan fingerprint density at radius 1 is 1.20 bits per heavy atom. The van der Waals surface area contributed by atoms with Gasteiger partial charge in [-0.25, -0.2) is 4.98 Å². The quantitative estimate of drug-likeness (QED) is 0.746. The number of allylic oxidation sites excluding steroid dienone is 1. The van der Waals surface area contributed by atoms with E-state index in [4.69, 9.17) is 4.74 Å². The van der Waals surface area contributed by atoms with Gasteiger partial charge in [-0.2, -0.15) is 0 Å². The fourth-order valence-electron chi connectivity index (χ4n) is 3.90. The third-order valence-electron chi connectivity index (χ3n) is 5.60. The molecule has 1 fully saturated rings. The minimum atomic E-state index is 0.259. The average Bonchev–Trinajstić information content (AvgIpc) is 3.38. The van der Waals surface area contributed by atoms with Gasteiger partial charge in [-0.3, -0.25) is 4.79 Å². The highest BCUT2D eigenvalue weighted by atomic mass is 16.5. The van der Waals surface area contributed by atoms with Crippen molar-refractivity contribution < 1.29 is 9.53 Å². The number of imidazole rings is 1. The molecule has 5 heteroatoms. The van der Waals surface area contributed by atoms with E-state index in [-0.39, 0.29) is 5.91 Å². The highest BCUT2D eigenvalue weighted by molar-refractivity contribution is 5.78. The number of hydrogen-bond donors (Lipinski definition) is 0. The SMILES string of the molecule is O=C(CC1=CCCCC1)N1Cc2cncn2CC(COCC2CC2)C1. The van der Waals surface area contributed by atoms with Crippen LogP contribution in [-0.4, -0.2) is 40.1 Å². The van der Waals surface area contributed by atoms with Gasteiger partial charge in [0.05, 0.1) is 25.2 Å². The van der Waals surface area contributed by atoms with Gasteiger partial charge >= 0.3 is 0 Å². The lowest BCUT2D eigenvalue weighted by Gasteiger charge is -2.25. The molecule has 3 aliphatic rings. The molecule has 1 atom stereocenters. The third kappa shape index (κ3) is 4.51. The summed E-state index contributed by atoms with van der Waals surface area (Å²) in [4.78, 5) is 19.2. The van der Waals surface area contributed by atoms with Crippen LogP contribution in [0, 0.1) is 11.8 Å². The number of ether oxygens (including phenoxy) is 1. The van der Waals surface area contributed by atoms with Crippen LogP contribution >= 0.6 is 0 Å². The summed E-state index contributed by atoms with van der Waals surface area (Å²) in [6.45, 7) is 3.98. The summed E-state index contributed by atoms with van der Waals surface area (Å²) in [7, 11) is 0. The maximum atomic E-state index is 12.9. The fourth-order valence-corrected chi connectivity index (χ4v) is 3.90. The number of rotatable bonds is 6. The van der Waals surface area contributed by atoms with Gasteiger partial charge in [0.25, 0.3) is 0 Å². The zero-order valence-corrected chi connectivity index (χ0v) is 15.0. The van der Waals surface area contributed by atoms with E-state index in [0.717, 1.165) is 50.8 Å². The molecule has 1 aliphatic heterocycles. The smallest absolute Gasteiger partial charge is 0.227 e. The van der Waals surface area contributed by atoms with Crippen molar-refractivity contribution in [2.45, 2.75) is 58.0 Å². The summed E-state index contributed by atoms with van der Waals surface area (Å²) >= 11 is 0. The third-order valence-corrected chi connectivity index (χ3v) is 5.60. The zero-order chi connectivity index (χ0) is 17.1. The molecule has 1 unspecified atom stereocenters. The number of fused-ring (bicyclic) bond motifs is 1. The van der Waals surface area contributed by atoms with Crippen molar-refractivity contribution in [3.8, 4) is 0 Å². The second-order valence-electron chi connectivity index (χ2n) is 7.94. The van der Waals surface area contributed by atoms with Gasteiger partial charge in [-0.05, 0) is 44.4 Å². The zero-order valence-electron chi connectivity index (χ0n) is 15.0. The molecular formula is C20H29N3O2. The molecule has 136 valence electrons. The Kier molecular flexibility index (Phi) is 5.20. The monoisotopic (exact) mass is 343 g/mol. The number of amides is 1. The van der Waals surface area contributed by atoms with E-state index < -0.39 is 0 Å². The van der Waals surface area contributed by atoms with Gasteiger partial charge in [0, 0.05) is 38.2 Å². The molecule has 1 saturated carbocycles. The lowest BCUT2D eigenvalue weighted by atomic mass is 9.96. The molecule has 0 bridgehead atoms. The van der Waals surface area contributed by atoms with E-state index in [9.17, 15) is 4.79 Å². The van der Waals surface area contributed by atoms with Crippen LogP contribution < -0.4 is 0 Å². The second kappa shape index (κ2) is 7.73. The molecule has 2 aliphatic carbocycles. The summed E-state index contributed by atoms with van der Waals surface area (Å²) < 4.78 is 8.13. The molecule has 5 nitrogen and oxygen atoms in total. The van der Waals surface area contributed by atoms with E-state index in [1.54, 1.807) is 0 Å². The Hall–Kier alpha value is -1.62. The van der Waals surface area contributed by atoms with Crippen LogP contribution in [0.15, 0.2) is 24.2 Å². The van der Waals surface area contributed by atoms with E-state index in [1.807, 2.05) is 17.4 Å². The minimum absolute atomic E-state index is 0.259. The molecule has 0 spiro atoms. The molecular weight excluding hydrogens is 314 g/mol. The molecule has 0 radical (unpaired) electrons. The number of hydrogen-bond acceptors (Lipinski definition) is 3. The minimum Gasteiger partial charge on any atom is -0.381 e. The van der Waals surface area contributed by atoms with Gasteiger partial charge in [0.2, 0.25) is 5.91 Å². The predicted molar refractivity (Wildman–Crippen MR) is 95.8 cm³/mol. The van der Waals surface area contributed by atoms with E-state index >= 15 is 0 Å². The van der Waals surface area contributed by atoms with Gasteiger partial charge in [-0.1, -0.05) is 11.6 Å². The maximum absolute atomic E-state index is 12.9. The first kappa shape index (κ1) is 16.8. The largest absolute Gasteiger partial charge is 0.381 e. The lowest BCUT2D eigenvalue weighted by molar-refractivity contribution is -0.132. The van der Waals surface area contributed by atoms with Crippen LogP contribution in [0.4, 0.5) is 0 Å². The van der Waals surface area contributed by atoms with Crippen molar-refractivity contribution in [3.63, 3.8) is 0 Å². The van der Waals surface area contributed by atoms with Crippen molar-refractivity contribution in [3.05, 3.63) is 29.9 Å². The molecule has 1 amide bonds. The first-order chi connectivity index (χ1) is 12.3. The first-order valence-corrected chi connectivity index (χ1v) is 9.80. The Labute approximate surface area is 150 Å². The van der Waals surface area contributed by atoms with Crippen LogP contribution in [0.5, 0.6) is 0 Å². The number of nitrogens with zero attached hydrogens (tertiary/aromatic N) is 3. The average molecular weight is 343 g/mol. The lowest BCUT2D eigenvalue weighted by Crippen LogP contribution is -2.35. The molecule has 4 rings (SSSR count). The molecule has 0 saturated heterocycles. The number of carbonyl (C=O) groups excluding carboxylic acids is 1. The molecule has 1 aromatic heterocycles. The highest BCUT2D eigenvalue weighted by Crippen LogP contribution is 2.29. The summed E-state index contributed by atoms with van der Waals surface area (Å²) in [5, 5.41) is 0. The summed E-state index contributed by atoms with van der Waals surface area (Å²) in [6.07, 6.45) is 14.0. The topological polar surface area (TPSA) is 47.4 Å². The molecule has 0 aromatic carbocycles. The van der Waals surface area contributed by atoms with Gasteiger partial charge in [0.1, 0.15) is 0 Å². The van der Waals surface area contributed by atoms with E-state index in [1.165, 1.54) is 31.3 Å². The Morgan fingerprint density at radius 3 is 2.88 bits per heavy atom. The van der Waals surface area contributed by atoms with Gasteiger partial charge in [0.15, 0.2) is 0 Å². The Bertz CT molecular complexity index is 633. The van der Waals surface area contributed by atoms with Gasteiger partial charge in [-0.15, -0.1) is 0 Å². The predicted octanol–water partition coefficient (Wildman–Crippen LogP) is 3.16. The summed E-state index contributed by atoms with van der Waals surface area (Å²) in [5.41, 5.74) is 2.46. The van der Waals surface area contributed by atoms with Crippen LogP contribution in [0.2, 0.25) is 0 Å². The fraction of sp³-hybridized carbons (Fsp3) is 0.700. The van der Waals surface area contributed by atoms with Crippen molar-refractivity contribution in [1.29, 1.82) is 0 Å². The van der Waals surface area contributed by atoms with Crippen LogP contribution in [0.1, 0.15) is 50.6 Å². The molecule has 25 heavy (non-hydrogen) atoms. The standard InChI is InChI=1S/C20H29N3O2/c24-20(8-16-4-2-1-3-5-16)22-10-18(14-25-13-17-6-7-17)11-23-15-21-9-19(23)12-22/h4,9,15,17-18H,1-3,5-8,10-14H2. The Morgan fingerprint density at radius 2 is 2.08 bits per heavy atom. The first-order valence-electron chi connectivity index (χ1n) is 9.80. The maximum Gasteiger partial charge on any atom is 0.227 e. The number of carbonyl (C=O) groups is 1. The summed E-state index contributed by atoms with van der Waals surface area (Å²) in [5.74, 6) is 1.39.